The first kappa shape index (κ1) is 10.7. The molecular weight excluding hydrogens is 182 g/mol. The van der Waals surface area contributed by atoms with Crippen molar-refractivity contribution in [3.8, 4) is 0 Å². The van der Waals surface area contributed by atoms with E-state index in [0.29, 0.717) is 18.7 Å². The minimum absolute atomic E-state index is 0.0340. The van der Waals surface area contributed by atoms with E-state index < -0.39 is 0 Å². The van der Waals surface area contributed by atoms with Crippen molar-refractivity contribution in [3.63, 3.8) is 0 Å². The molecular formula is C9H15N3O2. The fraction of sp³-hybridized carbons (Fsp3) is 0.556. The van der Waals surface area contributed by atoms with E-state index in [9.17, 15) is 4.79 Å². The summed E-state index contributed by atoms with van der Waals surface area (Å²) >= 11 is 0. The van der Waals surface area contributed by atoms with Crippen molar-refractivity contribution in [1.29, 1.82) is 0 Å². The molecule has 0 unspecified atom stereocenters. The quantitative estimate of drug-likeness (QED) is 0.761. The second-order valence-electron chi connectivity index (χ2n) is 3.13. The van der Waals surface area contributed by atoms with Gasteiger partial charge in [-0.15, -0.1) is 0 Å². The maximum absolute atomic E-state index is 11.7. The number of carbonyl (C=O) groups is 1. The van der Waals surface area contributed by atoms with Crippen LogP contribution in [0.25, 0.3) is 0 Å². The number of nitrogens with zero attached hydrogens (tertiary/aromatic N) is 2. The largest absolute Gasteiger partial charge is 0.383 e. The first-order chi connectivity index (χ1) is 6.66. The third kappa shape index (κ3) is 2.32. The number of rotatable bonds is 4. The highest BCUT2D eigenvalue weighted by molar-refractivity contribution is 5.94. The van der Waals surface area contributed by atoms with Gasteiger partial charge in [-0.05, 0) is 6.92 Å². The zero-order valence-corrected chi connectivity index (χ0v) is 8.70. The first-order valence-electron chi connectivity index (χ1n) is 4.41. The molecule has 0 saturated carbocycles. The van der Waals surface area contributed by atoms with Gasteiger partial charge in [-0.25, -0.2) is 0 Å². The Labute approximate surface area is 83.1 Å². The van der Waals surface area contributed by atoms with Gasteiger partial charge in [0.15, 0.2) is 0 Å². The van der Waals surface area contributed by atoms with Gasteiger partial charge >= 0.3 is 0 Å². The van der Waals surface area contributed by atoms with E-state index in [4.69, 9.17) is 4.74 Å². The van der Waals surface area contributed by atoms with Crippen LogP contribution >= 0.6 is 0 Å². The second-order valence-corrected chi connectivity index (χ2v) is 3.13. The van der Waals surface area contributed by atoms with Crippen LogP contribution in [0.3, 0.4) is 0 Å². The molecule has 0 spiro atoms. The van der Waals surface area contributed by atoms with Crippen LogP contribution in [-0.2, 0) is 4.74 Å². The maximum atomic E-state index is 11.7. The lowest BCUT2D eigenvalue weighted by atomic mass is 10.2. The van der Waals surface area contributed by atoms with Crippen LogP contribution < -0.4 is 0 Å². The Morgan fingerprint density at radius 1 is 1.71 bits per heavy atom. The number of aromatic nitrogens is 2. The van der Waals surface area contributed by atoms with Gasteiger partial charge in [-0.1, -0.05) is 0 Å². The number of hydrogen-bond acceptors (Lipinski definition) is 3. The molecule has 0 atom stereocenters. The lowest BCUT2D eigenvalue weighted by Gasteiger charge is -2.15. The van der Waals surface area contributed by atoms with Crippen molar-refractivity contribution in [2.45, 2.75) is 6.92 Å². The summed E-state index contributed by atoms with van der Waals surface area (Å²) in [5.74, 6) is -0.0340. The van der Waals surface area contributed by atoms with Crippen LogP contribution in [0.5, 0.6) is 0 Å². The third-order valence-electron chi connectivity index (χ3n) is 2.04. The summed E-state index contributed by atoms with van der Waals surface area (Å²) in [6.45, 7) is 2.95. The lowest BCUT2D eigenvalue weighted by Crippen LogP contribution is -2.30. The Bertz CT molecular complexity index is 309. The van der Waals surface area contributed by atoms with Crippen LogP contribution in [0.2, 0.25) is 0 Å². The topological polar surface area (TPSA) is 58.2 Å². The average molecular weight is 197 g/mol. The number of amides is 1. The van der Waals surface area contributed by atoms with Gasteiger partial charge in [-0.3, -0.25) is 9.89 Å². The van der Waals surface area contributed by atoms with Crippen LogP contribution in [0, 0.1) is 6.92 Å². The van der Waals surface area contributed by atoms with Gasteiger partial charge in [-0.2, -0.15) is 5.10 Å². The van der Waals surface area contributed by atoms with E-state index in [-0.39, 0.29) is 5.91 Å². The average Bonchev–Trinajstić information content (AvgIpc) is 2.59. The van der Waals surface area contributed by atoms with Crippen LogP contribution in [0.4, 0.5) is 0 Å². The molecule has 0 aliphatic heterocycles. The number of aryl methyl sites for hydroxylation is 1. The number of aromatic amines is 1. The van der Waals surface area contributed by atoms with Gasteiger partial charge < -0.3 is 9.64 Å². The Balaban J connectivity index is 2.61. The number of ether oxygens (including phenoxy) is 1. The second kappa shape index (κ2) is 4.76. The molecule has 14 heavy (non-hydrogen) atoms. The summed E-state index contributed by atoms with van der Waals surface area (Å²) in [4.78, 5) is 13.4. The molecule has 1 heterocycles. The molecule has 0 fully saturated rings. The number of methoxy groups -OCH3 is 1. The monoisotopic (exact) mass is 197 g/mol. The van der Waals surface area contributed by atoms with E-state index in [0.717, 1.165) is 5.69 Å². The number of nitrogens with one attached hydrogen (secondary N) is 1. The van der Waals surface area contributed by atoms with E-state index in [1.807, 2.05) is 6.92 Å². The maximum Gasteiger partial charge on any atom is 0.257 e. The summed E-state index contributed by atoms with van der Waals surface area (Å²) in [6.07, 6.45) is 1.54. The highest BCUT2D eigenvalue weighted by Gasteiger charge is 2.14. The van der Waals surface area contributed by atoms with Crippen LogP contribution in [-0.4, -0.2) is 48.3 Å². The van der Waals surface area contributed by atoms with Gasteiger partial charge in [0.25, 0.3) is 5.91 Å². The Hall–Kier alpha value is -1.36. The number of hydrogen-bond donors (Lipinski definition) is 1. The summed E-state index contributed by atoms with van der Waals surface area (Å²) in [7, 11) is 3.36. The molecule has 0 aromatic carbocycles. The lowest BCUT2D eigenvalue weighted by molar-refractivity contribution is 0.0743. The van der Waals surface area contributed by atoms with Crippen molar-refractivity contribution >= 4 is 5.91 Å². The fourth-order valence-corrected chi connectivity index (χ4v) is 1.10. The van der Waals surface area contributed by atoms with E-state index in [1.54, 1.807) is 25.3 Å². The van der Waals surface area contributed by atoms with Crippen molar-refractivity contribution < 1.29 is 9.53 Å². The zero-order chi connectivity index (χ0) is 10.6. The van der Waals surface area contributed by atoms with Crippen molar-refractivity contribution in [3.05, 3.63) is 17.5 Å². The Morgan fingerprint density at radius 2 is 2.43 bits per heavy atom. The molecule has 1 rings (SSSR count). The molecule has 5 nitrogen and oxygen atoms in total. The minimum Gasteiger partial charge on any atom is -0.383 e. The predicted molar refractivity (Wildman–Crippen MR) is 52.2 cm³/mol. The van der Waals surface area contributed by atoms with Gasteiger partial charge in [0.1, 0.15) is 0 Å². The molecule has 78 valence electrons. The molecule has 0 saturated heterocycles. The van der Waals surface area contributed by atoms with Gasteiger partial charge in [0.05, 0.1) is 18.4 Å². The van der Waals surface area contributed by atoms with Crippen LogP contribution in [0.15, 0.2) is 6.20 Å². The highest BCUT2D eigenvalue weighted by atomic mass is 16.5. The fourth-order valence-electron chi connectivity index (χ4n) is 1.10. The number of carbonyl (C=O) groups excluding carboxylic acids is 1. The Kier molecular flexibility index (Phi) is 3.64. The van der Waals surface area contributed by atoms with E-state index >= 15 is 0 Å². The molecule has 1 amide bonds. The molecule has 5 heteroatoms. The molecule has 0 radical (unpaired) electrons. The number of likely N-dealkylation sites (N-methyl/N-ethyl adjacent to an activating group) is 1. The van der Waals surface area contributed by atoms with Crippen molar-refractivity contribution in [2.75, 3.05) is 27.3 Å². The van der Waals surface area contributed by atoms with E-state index in [1.165, 1.54) is 0 Å². The van der Waals surface area contributed by atoms with Crippen molar-refractivity contribution in [2.24, 2.45) is 0 Å². The summed E-state index contributed by atoms with van der Waals surface area (Å²) in [6, 6.07) is 0. The normalized spacial score (nSPS) is 10.2. The van der Waals surface area contributed by atoms with E-state index in [2.05, 4.69) is 10.2 Å². The molecule has 1 N–H and O–H groups in total. The van der Waals surface area contributed by atoms with Gasteiger partial charge in [0.2, 0.25) is 0 Å². The molecule has 1 aromatic rings. The molecule has 0 aliphatic carbocycles. The minimum atomic E-state index is -0.0340. The summed E-state index contributed by atoms with van der Waals surface area (Å²) in [5.41, 5.74) is 1.41. The van der Waals surface area contributed by atoms with Gasteiger partial charge in [0, 0.05) is 26.4 Å². The Morgan fingerprint density at radius 3 is 2.93 bits per heavy atom. The first-order valence-corrected chi connectivity index (χ1v) is 4.41. The molecule has 0 bridgehead atoms. The molecule has 1 aromatic heterocycles. The molecule has 0 aliphatic rings. The van der Waals surface area contributed by atoms with Crippen molar-refractivity contribution in [1.82, 2.24) is 15.1 Å². The highest BCUT2D eigenvalue weighted by Crippen LogP contribution is 2.05. The summed E-state index contributed by atoms with van der Waals surface area (Å²) in [5, 5.41) is 6.53. The smallest absolute Gasteiger partial charge is 0.257 e. The summed E-state index contributed by atoms with van der Waals surface area (Å²) < 4.78 is 4.89. The van der Waals surface area contributed by atoms with Crippen LogP contribution in [0.1, 0.15) is 16.1 Å². The predicted octanol–water partition coefficient (Wildman–Crippen LogP) is 0.437. The SMILES string of the molecule is COCCN(C)C(=O)c1cn[nH]c1C. The zero-order valence-electron chi connectivity index (χ0n) is 8.70. The third-order valence-corrected chi connectivity index (χ3v) is 2.04. The number of H-pyrrole nitrogens is 1. The standard InChI is InChI=1S/C9H15N3O2/c1-7-8(6-10-11-7)9(13)12(2)4-5-14-3/h6H,4-5H2,1-3H3,(H,10,11).